The van der Waals surface area contributed by atoms with Gasteiger partial charge in [0.25, 0.3) is 0 Å². The van der Waals surface area contributed by atoms with Crippen molar-refractivity contribution >= 4 is 11.6 Å². The van der Waals surface area contributed by atoms with Crippen LogP contribution in [0.2, 0.25) is 0 Å². The Kier molecular flexibility index (Phi) is 4.39. The summed E-state index contributed by atoms with van der Waals surface area (Å²) in [6, 6.07) is 13.6. The summed E-state index contributed by atoms with van der Waals surface area (Å²) in [5.74, 6) is 0.526. The van der Waals surface area contributed by atoms with Gasteiger partial charge >= 0.3 is 0 Å². The van der Waals surface area contributed by atoms with Crippen LogP contribution in [0, 0.1) is 5.82 Å². The molecule has 0 amide bonds. The number of nitrogens with zero attached hydrogens (tertiary/aromatic N) is 4. The van der Waals surface area contributed by atoms with Crippen molar-refractivity contribution in [3.8, 4) is 5.69 Å². The molecule has 6 heteroatoms. The van der Waals surface area contributed by atoms with E-state index in [0.29, 0.717) is 12.2 Å². The molecular formula is C20H20FN5. The molecule has 1 N–H and O–H groups in total. The van der Waals surface area contributed by atoms with Crippen molar-refractivity contribution in [1.82, 2.24) is 14.9 Å². The normalized spacial score (nSPS) is 13.8. The van der Waals surface area contributed by atoms with Crippen molar-refractivity contribution in [3.63, 3.8) is 0 Å². The molecule has 26 heavy (non-hydrogen) atoms. The smallest absolute Gasteiger partial charge is 0.198 e. The fraction of sp³-hybridized carbons (Fsp3) is 0.200. The van der Waals surface area contributed by atoms with Gasteiger partial charge in [-0.05, 0) is 35.7 Å². The Bertz CT molecular complexity index is 933. The molecule has 0 bridgehead atoms. The van der Waals surface area contributed by atoms with Crippen LogP contribution in [0.5, 0.6) is 0 Å². The van der Waals surface area contributed by atoms with Gasteiger partial charge in [-0.3, -0.25) is 4.99 Å². The van der Waals surface area contributed by atoms with Gasteiger partial charge in [0.15, 0.2) is 5.96 Å². The molecule has 0 atom stereocenters. The molecular weight excluding hydrogens is 329 g/mol. The average molecular weight is 349 g/mol. The zero-order valence-corrected chi connectivity index (χ0v) is 14.6. The van der Waals surface area contributed by atoms with E-state index in [-0.39, 0.29) is 5.82 Å². The van der Waals surface area contributed by atoms with E-state index in [0.717, 1.165) is 24.5 Å². The Hall–Kier alpha value is -3.15. The number of nitrogens with one attached hydrogen (secondary N) is 1. The number of imidazole rings is 1. The largest absolute Gasteiger partial charge is 0.352 e. The molecule has 0 aliphatic carbocycles. The Balaban J connectivity index is 1.47. The molecule has 0 spiro atoms. The van der Waals surface area contributed by atoms with E-state index in [1.165, 1.54) is 11.3 Å². The lowest BCUT2D eigenvalue weighted by Crippen LogP contribution is -2.40. The molecule has 1 aliphatic heterocycles. The molecule has 0 fully saturated rings. The van der Waals surface area contributed by atoms with Gasteiger partial charge in [-0.25, -0.2) is 9.37 Å². The Morgan fingerprint density at radius 3 is 2.88 bits per heavy atom. The molecule has 132 valence electrons. The number of fused-ring (bicyclic) bond motifs is 1. The van der Waals surface area contributed by atoms with Crippen molar-refractivity contribution in [2.24, 2.45) is 4.99 Å². The van der Waals surface area contributed by atoms with E-state index >= 15 is 0 Å². The third-order valence-electron chi connectivity index (χ3n) is 4.60. The molecule has 0 saturated carbocycles. The Morgan fingerprint density at radius 1 is 1.23 bits per heavy atom. The molecule has 2 aromatic carbocycles. The van der Waals surface area contributed by atoms with E-state index in [4.69, 9.17) is 0 Å². The number of hydrogen-bond donors (Lipinski definition) is 1. The minimum absolute atomic E-state index is 0.274. The summed E-state index contributed by atoms with van der Waals surface area (Å²) in [5, 5.41) is 3.34. The quantitative estimate of drug-likeness (QED) is 0.584. The van der Waals surface area contributed by atoms with Gasteiger partial charge in [0, 0.05) is 38.2 Å². The van der Waals surface area contributed by atoms with Crippen LogP contribution in [0.25, 0.3) is 5.69 Å². The molecule has 5 nitrogen and oxygen atoms in total. The van der Waals surface area contributed by atoms with Gasteiger partial charge in [0.05, 0.1) is 12.0 Å². The first-order valence-electron chi connectivity index (χ1n) is 8.59. The lowest BCUT2D eigenvalue weighted by Gasteiger charge is -2.22. The third-order valence-corrected chi connectivity index (χ3v) is 4.60. The summed E-state index contributed by atoms with van der Waals surface area (Å²) in [6.07, 6.45) is 5.95. The van der Waals surface area contributed by atoms with Gasteiger partial charge in [-0.15, -0.1) is 0 Å². The highest BCUT2D eigenvalue weighted by molar-refractivity contribution is 5.97. The highest BCUT2D eigenvalue weighted by Crippen LogP contribution is 2.27. The van der Waals surface area contributed by atoms with Crippen molar-refractivity contribution in [2.45, 2.75) is 13.0 Å². The molecule has 2 heterocycles. The maximum Gasteiger partial charge on any atom is 0.198 e. The lowest BCUT2D eigenvalue weighted by atomic mass is 10.2. The van der Waals surface area contributed by atoms with Gasteiger partial charge in [-0.2, -0.15) is 0 Å². The van der Waals surface area contributed by atoms with Crippen LogP contribution in [0.15, 0.2) is 66.2 Å². The second-order valence-corrected chi connectivity index (χ2v) is 6.19. The van der Waals surface area contributed by atoms with Crippen molar-refractivity contribution in [2.75, 3.05) is 18.5 Å². The number of benzene rings is 2. The minimum Gasteiger partial charge on any atom is -0.352 e. The van der Waals surface area contributed by atoms with Gasteiger partial charge in [0.1, 0.15) is 5.82 Å². The summed E-state index contributed by atoms with van der Waals surface area (Å²) in [4.78, 5) is 10.5. The van der Waals surface area contributed by atoms with Crippen molar-refractivity contribution in [1.29, 1.82) is 0 Å². The highest BCUT2D eigenvalue weighted by Gasteiger charge is 2.22. The second kappa shape index (κ2) is 7.00. The molecule has 1 aromatic heterocycles. The lowest BCUT2D eigenvalue weighted by molar-refractivity contribution is 0.615. The average Bonchev–Trinajstić information content (AvgIpc) is 3.33. The zero-order valence-electron chi connectivity index (χ0n) is 14.6. The van der Waals surface area contributed by atoms with Crippen LogP contribution < -0.4 is 10.2 Å². The van der Waals surface area contributed by atoms with Crippen LogP contribution in [-0.4, -0.2) is 29.1 Å². The molecule has 0 saturated heterocycles. The molecule has 4 rings (SSSR count). The van der Waals surface area contributed by atoms with Crippen molar-refractivity contribution in [3.05, 3.63) is 78.1 Å². The van der Waals surface area contributed by atoms with E-state index in [9.17, 15) is 4.39 Å². The van der Waals surface area contributed by atoms with E-state index in [1.54, 1.807) is 42.5 Å². The SMILES string of the molecule is CN=C(NCc1ccc(-n2ccnc2)c(F)c1)N1CCc2ccccc21. The summed E-state index contributed by atoms with van der Waals surface area (Å²) in [7, 11) is 1.77. The van der Waals surface area contributed by atoms with E-state index in [2.05, 4.69) is 38.4 Å². The van der Waals surface area contributed by atoms with E-state index < -0.39 is 0 Å². The number of anilines is 1. The van der Waals surface area contributed by atoms with Crippen LogP contribution in [-0.2, 0) is 13.0 Å². The van der Waals surface area contributed by atoms with Crippen LogP contribution >= 0.6 is 0 Å². The number of para-hydroxylation sites is 1. The fourth-order valence-corrected chi connectivity index (χ4v) is 3.31. The Morgan fingerprint density at radius 2 is 2.12 bits per heavy atom. The molecule has 1 aliphatic rings. The van der Waals surface area contributed by atoms with Crippen molar-refractivity contribution < 1.29 is 4.39 Å². The Labute approximate surface area is 151 Å². The number of aliphatic imine (C=N–C) groups is 1. The first-order chi connectivity index (χ1) is 12.8. The van der Waals surface area contributed by atoms with Gasteiger partial charge in [-0.1, -0.05) is 24.3 Å². The summed E-state index contributed by atoms with van der Waals surface area (Å²) >= 11 is 0. The predicted molar refractivity (Wildman–Crippen MR) is 101 cm³/mol. The first-order valence-corrected chi connectivity index (χ1v) is 8.59. The third kappa shape index (κ3) is 3.06. The number of hydrogen-bond acceptors (Lipinski definition) is 2. The molecule has 0 unspecified atom stereocenters. The maximum atomic E-state index is 14.4. The molecule has 3 aromatic rings. The van der Waals surface area contributed by atoms with Crippen LogP contribution in [0.4, 0.5) is 10.1 Å². The number of guanidine groups is 1. The second-order valence-electron chi connectivity index (χ2n) is 6.19. The fourth-order valence-electron chi connectivity index (χ4n) is 3.31. The summed E-state index contributed by atoms with van der Waals surface area (Å²) in [5.41, 5.74) is 3.86. The number of rotatable bonds is 3. The van der Waals surface area contributed by atoms with Gasteiger partial charge < -0.3 is 14.8 Å². The topological polar surface area (TPSA) is 45.5 Å². The maximum absolute atomic E-state index is 14.4. The number of aromatic nitrogens is 2. The minimum atomic E-state index is -0.274. The van der Waals surface area contributed by atoms with E-state index in [1.807, 2.05) is 12.1 Å². The first kappa shape index (κ1) is 16.3. The highest BCUT2D eigenvalue weighted by atomic mass is 19.1. The van der Waals surface area contributed by atoms with Crippen LogP contribution in [0.3, 0.4) is 0 Å². The molecule has 0 radical (unpaired) electrons. The zero-order chi connectivity index (χ0) is 17.9. The standard InChI is InChI=1S/C20H20FN5/c1-22-20(26-10-8-16-4-2-3-5-18(16)26)24-13-15-6-7-19(17(21)12-15)25-11-9-23-14-25/h2-7,9,11-12,14H,8,10,13H2,1H3,(H,22,24). The van der Waals surface area contributed by atoms with Crippen LogP contribution in [0.1, 0.15) is 11.1 Å². The summed E-state index contributed by atoms with van der Waals surface area (Å²) < 4.78 is 16.1. The van der Waals surface area contributed by atoms with Gasteiger partial charge in [0.2, 0.25) is 0 Å². The predicted octanol–water partition coefficient (Wildman–Crippen LogP) is 3.15. The summed E-state index contributed by atoms with van der Waals surface area (Å²) in [6.45, 7) is 1.40. The number of halogens is 1. The monoisotopic (exact) mass is 349 g/mol.